The second-order valence-corrected chi connectivity index (χ2v) is 5.44. The predicted octanol–water partition coefficient (Wildman–Crippen LogP) is 1.13. The van der Waals surface area contributed by atoms with Crippen molar-refractivity contribution >= 4 is 11.9 Å². The molecule has 0 spiro atoms. The highest BCUT2D eigenvalue weighted by Crippen LogP contribution is 2.16. The van der Waals surface area contributed by atoms with Crippen LogP contribution in [-0.2, 0) is 0 Å². The third-order valence-corrected chi connectivity index (χ3v) is 3.44. The molecule has 2 N–H and O–H groups in total. The molecule has 6 heteroatoms. The van der Waals surface area contributed by atoms with E-state index in [-0.39, 0.29) is 0 Å². The second-order valence-electron chi connectivity index (χ2n) is 5.44. The zero-order valence-corrected chi connectivity index (χ0v) is 12.1. The summed E-state index contributed by atoms with van der Waals surface area (Å²) in [5.41, 5.74) is 0. The van der Waals surface area contributed by atoms with Crippen LogP contribution in [0.5, 0.6) is 0 Å². The molecule has 1 aromatic heterocycles. The second kappa shape index (κ2) is 6.65. The van der Waals surface area contributed by atoms with Crippen molar-refractivity contribution in [1.29, 1.82) is 0 Å². The molecule has 0 amide bonds. The standard InChI is InChI=1S/C13H24N6/c1-10(2)4-6-15-12-16-9-17-13(18-12)19-7-5-11(8-19)14-3/h9-11,14H,4-8H2,1-3H3,(H,15,16,17,18)/t11-/m1/s1. The summed E-state index contributed by atoms with van der Waals surface area (Å²) in [6.07, 6.45) is 3.84. The van der Waals surface area contributed by atoms with Gasteiger partial charge in [-0.25, -0.2) is 9.97 Å². The van der Waals surface area contributed by atoms with Gasteiger partial charge in [-0.15, -0.1) is 0 Å². The Bertz CT molecular complexity index is 394. The molecular formula is C13H24N6. The molecule has 0 bridgehead atoms. The van der Waals surface area contributed by atoms with Gasteiger partial charge in [-0.3, -0.25) is 0 Å². The third-order valence-electron chi connectivity index (χ3n) is 3.44. The number of likely N-dealkylation sites (N-methyl/N-ethyl adjacent to an activating group) is 1. The maximum atomic E-state index is 4.49. The highest BCUT2D eigenvalue weighted by atomic mass is 15.3. The first-order valence-corrected chi connectivity index (χ1v) is 7.04. The minimum atomic E-state index is 0.536. The van der Waals surface area contributed by atoms with Crippen LogP contribution in [0.2, 0.25) is 0 Å². The van der Waals surface area contributed by atoms with Crippen LogP contribution in [0.25, 0.3) is 0 Å². The minimum absolute atomic E-state index is 0.536. The first kappa shape index (κ1) is 14.0. The summed E-state index contributed by atoms with van der Waals surface area (Å²) in [7, 11) is 2.00. The SMILES string of the molecule is CN[C@@H]1CCN(c2ncnc(NCCC(C)C)n2)C1. The lowest BCUT2D eigenvalue weighted by Gasteiger charge is -2.16. The topological polar surface area (TPSA) is 66.0 Å². The van der Waals surface area contributed by atoms with Gasteiger partial charge in [0.1, 0.15) is 6.33 Å². The Morgan fingerprint density at radius 3 is 2.95 bits per heavy atom. The smallest absolute Gasteiger partial charge is 0.230 e. The Morgan fingerprint density at radius 1 is 1.42 bits per heavy atom. The molecule has 1 aliphatic rings. The fraction of sp³-hybridized carbons (Fsp3) is 0.769. The highest BCUT2D eigenvalue weighted by molar-refractivity contribution is 5.37. The van der Waals surface area contributed by atoms with Gasteiger partial charge in [0.25, 0.3) is 0 Å². The van der Waals surface area contributed by atoms with E-state index in [0.29, 0.717) is 17.9 Å². The van der Waals surface area contributed by atoms with Gasteiger partial charge in [0.15, 0.2) is 0 Å². The van der Waals surface area contributed by atoms with Crippen LogP contribution in [0.4, 0.5) is 11.9 Å². The normalized spacial score (nSPS) is 19.2. The largest absolute Gasteiger partial charge is 0.354 e. The zero-order chi connectivity index (χ0) is 13.7. The minimum Gasteiger partial charge on any atom is -0.354 e. The number of hydrogen-bond donors (Lipinski definition) is 2. The maximum Gasteiger partial charge on any atom is 0.230 e. The van der Waals surface area contributed by atoms with E-state index < -0.39 is 0 Å². The Morgan fingerprint density at radius 2 is 2.26 bits per heavy atom. The number of rotatable bonds is 6. The predicted molar refractivity (Wildman–Crippen MR) is 77.4 cm³/mol. The van der Waals surface area contributed by atoms with Gasteiger partial charge in [-0.2, -0.15) is 4.98 Å². The molecule has 1 aliphatic heterocycles. The van der Waals surface area contributed by atoms with Gasteiger partial charge in [0.05, 0.1) is 0 Å². The van der Waals surface area contributed by atoms with Gasteiger partial charge >= 0.3 is 0 Å². The van der Waals surface area contributed by atoms with E-state index in [1.165, 1.54) is 0 Å². The van der Waals surface area contributed by atoms with E-state index in [4.69, 9.17) is 0 Å². The Kier molecular flexibility index (Phi) is 4.90. The van der Waals surface area contributed by atoms with Crippen molar-refractivity contribution in [2.75, 3.05) is 36.9 Å². The molecule has 0 unspecified atom stereocenters. The lowest BCUT2D eigenvalue weighted by molar-refractivity contribution is 0.605. The Hall–Kier alpha value is -1.43. The van der Waals surface area contributed by atoms with Gasteiger partial charge in [0, 0.05) is 25.7 Å². The summed E-state index contributed by atoms with van der Waals surface area (Å²) in [5.74, 6) is 2.14. The van der Waals surface area contributed by atoms with E-state index in [2.05, 4.69) is 44.3 Å². The fourth-order valence-electron chi connectivity index (χ4n) is 2.18. The fourth-order valence-corrected chi connectivity index (χ4v) is 2.18. The monoisotopic (exact) mass is 264 g/mol. The summed E-state index contributed by atoms with van der Waals surface area (Å²) in [6.45, 7) is 7.29. The van der Waals surface area contributed by atoms with Crippen LogP contribution in [-0.4, -0.2) is 47.7 Å². The molecule has 0 aromatic carbocycles. The van der Waals surface area contributed by atoms with Gasteiger partial charge < -0.3 is 15.5 Å². The number of nitrogens with zero attached hydrogens (tertiary/aromatic N) is 4. The summed E-state index contributed by atoms with van der Waals surface area (Å²) in [6, 6.07) is 0.536. The van der Waals surface area contributed by atoms with Crippen LogP contribution in [0.1, 0.15) is 26.7 Å². The molecule has 0 aliphatic carbocycles. The molecule has 0 saturated carbocycles. The van der Waals surface area contributed by atoms with Crippen LogP contribution in [0.15, 0.2) is 6.33 Å². The van der Waals surface area contributed by atoms with E-state index >= 15 is 0 Å². The van der Waals surface area contributed by atoms with E-state index in [1.807, 2.05) is 7.05 Å². The molecule has 6 nitrogen and oxygen atoms in total. The van der Waals surface area contributed by atoms with Gasteiger partial charge in [-0.05, 0) is 25.8 Å². The van der Waals surface area contributed by atoms with Crippen molar-refractivity contribution in [3.05, 3.63) is 6.33 Å². The van der Waals surface area contributed by atoms with Crippen molar-refractivity contribution in [3.63, 3.8) is 0 Å². The maximum absolute atomic E-state index is 4.49. The lowest BCUT2D eigenvalue weighted by atomic mass is 10.1. The molecule has 1 fully saturated rings. The molecule has 19 heavy (non-hydrogen) atoms. The number of anilines is 2. The van der Waals surface area contributed by atoms with Crippen LogP contribution in [0.3, 0.4) is 0 Å². The molecule has 2 heterocycles. The van der Waals surface area contributed by atoms with Crippen molar-refractivity contribution < 1.29 is 0 Å². The Balaban J connectivity index is 1.92. The first-order valence-electron chi connectivity index (χ1n) is 7.04. The summed E-state index contributed by atoms with van der Waals surface area (Å²) in [5, 5.41) is 6.56. The molecule has 0 radical (unpaired) electrons. The number of nitrogens with one attached hydrogen (secondary N) is 2. The van der Waals surface area contributed by atoms with Crippen molar-refractivity contribution in [1.82, 2.24) is 20.3 Å². The summed E-state index contributed by atoms with van der Waals surface area (Å²) < 4.78 is 0. The average molecular weight is 264 g/mol. The van der Waals surface area contributed by atoms with Crippen LogP contribution in [0, 0.1) is 5.92 Å². The molecule has 1 saturated heterocycles. The quantitative estimate of drug-likeness (QED) is 0.803. The van der Waals surface area contributed by atoms with Crippen LogP contribution >= 0.6 is 0 Å². The van der Waals surface area contributed by atoms with Crippen molar-refractivity contribution in [2.24, 2.45) is 5.92 Å². The summed E-state index contributed by atoms with van der Waals surface area (Å²) in [4.78, 5) is 15.1. The van der Waals surface area contributed by atoms with Crippen LogP contribution < -0.4 is 15.5 Å². The van der Waals surface area contributed by atoms with E-state index in [0.717, 1.165) is 38.4 Å². The number of hydrogen-bond acceptors (Lipinski definition) is 6. The molecular weight excluding hydrogens is 240 g/mol. The molecule has 2 rings (SSSR count). The molecule has 1 atom stereocenters. The molecule has 106 valence electrons. The Labute approximate surface area is 115 Å². The van der Waals surface area contributed by atoms with Crippen molar-refractivity contribution in [2.45, 2.75) is 32.7 Å². The highest BCUT2D eigenvalue weighted by Gasteiger charge is 2.23. The van der Waals surface area contributed by atoms with E-state index in [9.17, 15) is 0 Å². The van der Waals surface area contributed by atoms with Gasteiger partial charge in [-0.1, -0.05) is 13.8 Å². The number of aromatic nitrogens is 3. The first-order chi connectivity index (χ1) is 9.19. The lowest BCUT2D eigenvalue weighted by Crippen LogP contribution is -2.30. The van der Waals surface area contributed by atoms with E-state index in [1.54, 1.807) is 6.33 Å². The van der Waals surface area contributed by atoms with Gasteiger partial charge in [0.2, 0.25) is 11.9 Å². The zero-order valence-electron chi connectivity index (χ0n) is 12.1. The molecule has 1 aromatic rings. The average Bonchev–Trinajstić information content (AvgIpc) is 2.87. The third kappa shape index (κ3) is 4.02. The summed E-state index contributed by atoms with van der Waals surface area (Å²) >= 11 is 0. The van der Waals surface area contributed by atoms with Crippen molar-refractivity contribution in [3.8, 4) is 0 Å².